The van der Waals surface area contributed by atoms with Crippen molar-refractivity contribution in [1.82, 2.24) is 0 Å². The van der Waals surface area contributed by atoms with Crippen molar-refractivity contribution in [2.24, 2.45) is 11.8 Å². The van der Waals surface area contributed by atoms with Crippen LogP contribution < -0.4 is 4.74 Å². The lowest BCUT2D eigenvalue weighted by molar-refractivity contribution is -0.152. The first-order chi connectivity index (χ1) is 12.8. The number of carboxylic acids is 1. The molecular weight excluding hydrogens is 340 g/mol. The minimum absolute atomic E-state index is 0.0475. The second kappa shape index (κ2) is 8.22. The molecule has 0 amide bonds. The quantitative estimate of drug-likeness (QED) is 0.681. The minimum Gasteiger partial charge on any atom is -0.487 e. The summed E-state index contributed by atoms with van der Waals surface area (Å²) in [5.41, 5.74) is 1.95. The molecule has 1 saturated heterocycles. The fourth-order valence-electron chi connectivity index (χ4n) is 4.64. The molecule has 0 saturated carbocycles. The number of benzene rings is 1. The molecule has 0 aromatic heterocycles. The third kappa shape index (κ3) is 4.66. The van der Waals surface area contributed by atoms with E-state index in [4.69, 9.17) is 14.6 Å². The molecule has 2 aliphatic rings. The average Bonchev–Trinajstić information content (AvgIpc) is 2.59. The van der Waals surface area contributed by atoms with Crippen LogP contribution in [-0.4, -0.2) is 22.8 Å². The van der Waals surface area contributed by atoms with Gasteiger partial charge in [-0.05, 0) is 69.6 Å². The van der Waals surface area contributed by atoms with Crippen LogP contribution in [0.25, 0.3) is 0 Å². The summed E-state index contributed by atoms with van der Waals surface area (Å²) in [6, 6.07) is 6.14. The zero-order valence-electron chi connectivity index (χ0n) is 17.2. The molecule has 3 rings (SSSR count). The Labute approximate surface area is 163 Å². The van der Waals surface area contributed by atoms with Crippen molar-refractivity contribution in [3.8, 4) is 5.75 Å². The largest absolute Gasteiger partial charge is 0.487 e. The third-order valence-electron chi connectivity index (χ3n) is 6.22. The molecule has 2 aliphatic heterocycles. The SMILES string of the molecule is CC(C)CCC[C@@]1(C)Oc2ccc(CCC(=O)O)cc2[C@@H]2O[C@H](C)CC[C@H]21. The first-order valence-electron chi connectivity index (χ1n) is 10.5. The van der Waals surface area contributed by atoms with Crippen LogP contribution in [0.3, 0.4) is 0 Å². The monoisotopic (exact) mass is 374 g/mol. The molecule has 0 aliphatic carbocycles. The van der Waals surface area contributed by atoms with Crippen LogP contribution in [0, 0.1) is 11.8 Å². The number of hydrogen-bond acceptors (Lipinski definition) is 3. The van der Waals surface area contributed by atoms with Gasteiger partial charge in [-0.3, -0.25) is 4.79 Å². The highest BCUT2D eigenvalue weighted by Gasteiger charge is 2.49. The summed E-state index contributed by atoms with van der Waals surface area (Å²) in [6.07, 6.45) is 6.60. The molecule has 0 radical (unpaired) electrons. The van der Waals surface area contributed by atoms with E-state index in [2.05, 4.69) is 33.8 Å². The molecule has 1 fully saturated rings. The molecule has 4 heteroatoms. The van der Waals surface area contributed by atoms with Crippen molar-refractivity contribution < 1.29 is 19.4 Å². The fraction of sp³-hybridized carbons (Fsp3) is 0.696. The van der Waals surface area contributed by atoms with Crippen molar-refractivity contribution in [3.05, 3.63) is 29.3 Å². The van der Waals surface area contributed by atoms with Crippen LogP contribution in [-0.2, 0) is 16.0 Å². The van der Waals surface area contributed by atoms with Crippen LogP contribution in [0.2, 0.25) is 0 Å². The Balaban J connectivity index is 1.86. The van der Waals surface area contributed by atoms with Gasteiger partial charge < -0.3 is 14.6 Å². The maximum Gasteiger partial charge on any atom is 0.303 e. The van der Waals surface area contributed by atoms with Gasteiger partial charge in [-0.15, -0.1) is 0 Å². The topological polar surface area (TPSA) is 55.8 Å². The number of carbonyl (C=O) groups is 1. The average molecular weight is 375 g/mol. The number of fused-ring (bicyclic) bond motifs is 3. The van der Waals surface area contributed by atoms with Crippen LogP contribution >= 0.6 is 0 Å². The highest BCUT2D eigenvalue weighted by atomic mass is 16.5. The Morgan fingerprint density at radius 3 is 2.81 bits per heavy atom. The molecular formula is C23H34O4. The number of rotatable bonds is 7. The summed E-state index contributed by atoms with van der Waals surface area (Å²) in [7, 11) is 0. The molecule has 4 atom stereocenters. The van der Waals surface area contributed by atoms with Gasteiger partial charge in [0.05, 0.1) is 12.2 Å². The smallest absolute Gasteiger partial charge is 0.303 e. The lowest BCUT2D eigenvalue weighted by atomic mass is 9.72. The van der Waals surface area contributed by atoms with E-state index in [-0.39, 0.29) is 24.2 Å². The summed E-state index contributed by atoms with van der Waals surface area (Å²) in [4.78, 5) is 10.9. The second-order valence-electron chi connectivity index (χ2n) is 9.02. The van der Waals surface area contributed by atoms with E-state index >= 15 is 0 Å². The first kappa shape index (κ1) is 20.2. The lowest BCUT2D eigenvalue weighted by Crippen LogP contribution is -2.50. The van der Waals surface area contributed by atoms with Gasteiger partial charge in [0.2, 0.25) is 0 Å². The number of aliphatic carboxylic acids is 1. The van der Waals surface area contributed by atoms with Gasteiger partial charge in [0.1, 0.15) is 11.4 Å². The van der Waals surface area contributed by atoms with Gasteiger partial charge in [0.15, 0.2) is 0 Å². The molecule has 1 N–H and O–H groups in total. The molecule has 4 nitrogen and oxygen atoms in total. The Morgan fingerprint density at radius 2 is 2.11 bits per heavy atom. The maximum absolute atomic E-state index is 10.9. The number of aryl methyl sites for hydroxylation is 1. The minimum atomic E-state index is -0.762. The fourth-order valence-corrected chi connectivity index (χ4v) is 4.64. The third-order valence-corrected chi connectivity index (χ3v) is 6.22. The van der Waals surface area contributed by atoms with Crippen molar-refractivity contribution in [1.29, 1.82) is 0 Å². The molecule has 2 heterocycles. The zero-order chi connectivity index (χ0) is 19.6. The highest BCUT2D eigenvalue weighted by molar-refractivity contribution is 5.67. The Kier molecular flexibility index (Phi) is 6.15. The zero-order valence-corrected chi connectivity index (χ0v) is 17.2. The Hall–Kier alpha value is -1.55. The molecule has 0 unspecified atom stereocenters. The van der Waals surface area contributed by atoms with Gasteiger partial charge in [-0.1, -0.05) is 26.3 Å². The van der Waals surface area contributed by atoms with E-state index in [0.717, 1.165) is 36.1 Å². The molecule has 0 spiro atoms. The standard InChI is InChI=1S/C23H34O4/c1-15(2)6-5-13-23(4)19-10-7-16(3)26-22(19)18-14-17(9-12-21(24)25)8-11-20(18)27-23/h8,11,14-16,19,22H,5-7,9-10,12-13H2,1-4H3,(H,24,25)/t16-,19-,22+,23-/m1/s1. The summed E-state index contributed by atoms with van der Waals surface area (Å²) in [5.74, 6) is 1.21. The van der Waals surface area contributed by atoms with Crippen molar-refractivity contribution in [2.75, 3.05) is 0 Å². The number of ether oxygens (including phenoxy) is 2. The summed E-state index contributed by atoms with van der Waals surface area (Å²) in [5, 5.41) is 8.98. The van der Waals surface area contributed by atoms with Gasteiger partial charge in [0.25, 0.3) is 0 Å². The Bertz CT molecular complexity index is 668. The van der Waals surface area contributed by atoms with Crippen LogP contribution in [0.1, 0.15) is 83.5 Å². The van der Waals surface area contributed by atoms with E-state index in [9.17, 15) is 4.79 Å². The molecule has 1 aromatic rings. The predicted octanol–water partition coefficient (Wildman–Crippen LogP) is 5.54. The Morgan fingerprint density at radius 1 is 1.33 bits per heavy atom. The van der Waals surface area contributed by atoms with E-state index in [0.29, 0.717) is 18.3 Å². The summed E-state index contributed by atoms with van der Waals surface area (Å²) >= 11 is 0. The van der Waals surface area contributed by atoms with Crippen LogP contribution in [0.4, 0.5) is 0 Å². The highest BCUT2D eigenvalue weighted by Crippen LogP contribution is 2.52. The van der Waals surface area contributed by atoms with E-state index < -0.39 is 5.97 Å². The van der Waals surface area contributed by atoms with Crippen LogP contribution in [0.5, 0.6) is 5.75 Å². The number of hydrogen-bond donors (Lipinski definition) is 1. The maximum atomic E-state index is 10.9. The summed E-state index contributed by atoms with van der Waals surface area (Å²) in [6.45, 7) is 8.94. The first-order valence-corrected chi connectivity index (χ1v) is 10.5. The van der Waals surface area contributed by atoms with Gasteiger partial charge in [0, 0.05) is 17.9 Å². The lowest BCUT2D eigenvalue weighted by Gasteiger charge is -2.50. The van der Waals surface area contributed by atoms with Crippen LogP contribution in [0.15, 0.2) is 18.2 Å². The summed E-state index contributed by atoms with van der Waals surface area (Å²) < 4.78 is 13.0. The molecule has 150 valence electrons. The van der Waals surface area contributed by atoms with Crippen molar-refractivity contribution in [2.45, 2.75) is 90.4 Å². The van der Waals surface area contributed by atoms with Gasteiger partial charge >= 0.3 is 5.97 Å². The molecule has 0 bridgehead atoms. The molecule has 27 heavy (non-hydrogen) atoms. The van der Waals surface area contributed by atoms with E-state index in [1.54, 1.807) is 0 Å². The van der Waals surface area contributed by atoms with Crippen molar-refractivity contribution in [3.63, 3.8) is 0 Å². The predicted molar refractivity (Wildman–Crippen MR) is 106 cm³/mol. The van der Waals surface area contributed by atoms with Gasteiger partial charge in [-0.2, -0.15) is 0 Å². The molecule has 1 aromatic carbocycles. The van der Waals surface area contributed by atoms with Gasteiger partial charge in [-0.25, -0.2) is 0 Å². The second-order valence-corrected chi connectivity index (χ2v) is 9.02. The van der Waals surface area contributed by atoms with E-state index in [1.165, 1.54) is 12.8 Å². The number of carboxylic acid groups (broad SMARTS) is 1. The van der Waals surface area contributed by atoms with E-state index in [1.807, 2.05) is 12.1 Å². The van der Waals surface area contributed by atoms with Crippen molar-refractivity contribution >= 4 is 5.97 Å². The normalized spacial score (nSPS) is 29.7.